The average Bonchev–Trinajstić information content (AvgIpc) is 3.02. The summed E-state index contributed by atoms with van der Waals surface area (Å²) >= 11 is 1.16. The maximum absolute atomic E-state index is 13.9. The summed E-state index contributed by atoms with van der Waals surface area (Å²) in [5.74, 6) is -1.15. The molecule has 0 aliphatic carbocycles. The number of halogens is 1. The van der Waals surface area contributed by atoms with Crippen molar-refractivity contribution < 1.29 is 14.0 Å². The number of thiophene rings is 1. The van der Waals surface area contributed by atoms with E-state index in [1.807, 2.05) is 19.0 Å². The van der Waals surface area contributed by atoms with Crippen molar-refractivity contribution in [2.45, 2.75) is 6.54 Å². The highest BCUT2D eigenvalue weighted by Gasteiger charge is 2.20. The highest BCUT2D eigenvalue weighted by Crippen LogP contribution is 2.19. The number of benzene rings is 1. The number of likely N-dealkylation sites (N-methyl/N-ethyl adjacent to an activating group) is 1. The molecule has 5 nitrogen and oxygen atoms in total. The quantitative estimate of drug-likeness (QED) is 0.833. The maximum Gasteiger partial charge on any atom is 0.264 e. The zero-order valence-electron chi connectivity index (χ0n) is 13.7. The molecule has 2 rings (SSSR count). The Morgan fingerprint density at radius 2 is 1.92 bits per heavy atom. The van der Waals surface area contributed by atoms with E-state index in [0.717, 1.165) is 11.3 Å². The molecule has 0 saturated heterocycles. The first-order chi connectivity index (χ1) is 11.4. The third kappa shape index (κ3) is 4.62. The average molecular weight is 349 g/mol. The van der Waals surface area contributed by atoms with Crippen LogP contribution in [-0.4, -0.2) is 48.8 Å². The summed E-state index contributed by atoms with van der Waals surface area (Å²) in [6, 6.07) is 7.88. The second-order valence-corrected chi connectivity index (χ2v) is 6.60. The Balaban J connectivity index is 2.22. The number of nitrogens with two attached hydrogens (primary N) is 1. The Labute approximate surface area is 144 Å². The first-order valence-electron chi connectivity index (χ1n) is 7.44. The van der Waals surface area contributed by atoms with E-state index in [2.05, 4.69) is 0 Å². The molecule has 0 atom stereocenters. The van der Waals surface area contributed by atoms with Crippen molar-refractivity contribution in [3.8, 4) is 0 Å². The van der Waals surface area contributed by atoms with Gasteiger partial charge in [-0.2, -0.15) is 0 Å². The van der Waals surface area contributed by atoms with Crippen LogP contribution in [0.25, 0.3) is 0 Å². The van der Waals surface area contributed by atoms with Gasteiger partial charge in [0.1, 0.15) is 5.82 Å². The van der Waals surface area contributed by atoms with Gasteiger partial charge < -0.3 is 15.5 Å². The lowest BCUT2D eigenvalue weighted by Crippen LogP contribution is -2.36. The van der Waals surface area contributed by atoms with Crippen LogP contribution in [0.3, 0.4) is 0 Å². The number of nitrogens with zero attached hydrogens (tertiary/aromatic N) is 2. The van der Waals surface area contributed by atoms with Crippen molar-refractivity contribution in [1.82, 2.24) is 9.80 Å². The first kappa shape index (κ1) is 18.1. The summed E-state index contributed by atoms with van der Waals surface area (Å²) in [7, 11) is 3.81. The molecule has 24 heavy (non-hydrogen) atoms. The number of hydrogen-bond acceptors (Lipinski definition) is 4. The predicted molar refractivity (Wildman–Crippen MR) is 92.5 cm³/mol. The molecule has 2 amide bonds. The van der Waals surface area contributed by atoms with E-state index in [-0.39, 0.29) is 18.3 Å². The standard InChI is InChI=1S/C17H20FN3O2S/c1-20(2)7-8-21(10-12-5-3-4-6-14(12)18)17(23)15-9-13(11-24-15)16(19)22/h3-6,9,11H,7-8,10H2,1-2H3,(H2,19,22). The molecular formula is C17H20FN3O2S. The molecule has 0 spiro atoms. The van der Waals surface area contributed by atoms with E-state index in [1.54, 1.807) is 28.5 Å². The Morgan fingerprint density at radius 3 is 2.50 bits per heavy atom. The van der Waals surface area contributed by atoms with Crippen molar-refractivity contribution in [3.63, 3.8) is 0 Å². The van der Waals surface area contributed by atoms with Gasteiger partial charge in [-0.25, -0.2) is 4.39 Å². The normalized spacial score (nSPS) is 10.8. The number of hydrogen-bond donors (Lipinski definition) is 1. The lowest BCUT2D eigenvalue weighted by Gasteiger charge is -2.24. The van der Waals surface area contributed by atoms with Gasteiger partial charge in [-0.1, -0.05) is 18.2 Å². The summed E-state index contributed by atoms with van der Waals surface area (Å²) in [4.78, 5) is 27.9. The molecule has 2 N–H and O–H groups in total. The van der Waals surface area contributed by atoms with Gasteiger partial charge in [0.2, 0.25) is 5.91 Å². The highest BCUT2D eigenvalue weighted by molar-refractivity contribution is 7.12. The van der Waals surface area contributed by atoms with Gasteiger partial charge in [0.15, 0.2) is 0 Å². The largest absolute Gasteiger partial charge is 0.366 e. The van der Waals surface area contributed by atoms with Crippen LogP contribution in [0.4, 0.5) is 4.39 Å². The minimum Gasteiger partial charge on any atom is -0.366 e. The van der Waals surface area contributed by atoms with E-state index >= 15 is 0 Å². The van der Waals surface area contributed by atoms with Gasteiger partial charge in [0, 0.05) is 30.6 Å². The molecule has 1 aromatic heterocycles. The van der Waals surface area contributed by atoms with Crippen LogP contribution in [0, 0.1) is 5.82 Å². The fourth-order valence-corrected chi connectivity index (χ4v) is 3.00. The fraction of sp³-hybridized carbons (Fsp3) is 0.294. The van der Waals surface area contributed by atoms with Gasteiger partial charge >= 0.3 is 0 Å². The van der Waals surface area contributed by atoms with E-state index in [0.29, 0.717) is 29.1 Å². The first-order valence-corrected chi connectivity index (χ1v) is 8.32. The van der Waals surface area contributed by atoms with Gasteiger partial charge in [-0.15, -0.1) is 11.3 Å². The van der Waals surface area contributed by atoms with Crippen LogP contribution in [0.5, 0.6) is 0 Å². The minimum atomic E-state index is -0.570. The molecule has 0 radical (unpaired) electrons. The van der Waals surface area contributed by atoms with Gasteiger partial charge in [-0.05, 0) is 26.2 Å². The number of rotatable bonds is 7. The van der Waals surface area contributed by atoms with E-state index in [4.69, 9.17) is 5.73 Å². The lowest BCUT2D eigenvalue weighted by molar-refractivity contribution is 0.0735. The number of carbonyl (C=O) groups is 2. The van der Waals surface area contributed by atoms with Crippen molar-refractivity contribution >= 4 is 23.2 Å². The Hall–Kier alpha value is -2.25. The molecule has 0 saturated carbocycles. The molecule has 0 bridgehead atoms. The molecule has 0 unspecified atom stereocenters. The van der Waals surface area contributed by atoms with E-state index in [1.165, 1.54) is 12.1 Å². The predicted octanol–water partition coefficient (Wildman–Crippen LogP) is 2.19. The molecule has 0 aliphatic rings. The Kier molecular flexibility index (Phi) is 6.05. The van der Waals surface area contributed by atoms with Crippen LogP contribution >= 0.6 is 11.3 Å². The van der Waals surface area contributed by atoms with Crippen LogP contribution in [0.1, 0.15) is 25.6 Å². The van der Waals surface area contributed by atoms with Gasteiger partial charge in [0.25, 0.3) is 5.91 Å². The smallest absolute Gasteiger partial charge is 0.264 e. The molecule has 0 aliphatic heterocycles. The zero-order chi connectivity index (χ0) is 17.7. The van der Waals surface area contributed by atoms with Crippen LogP contribution in [0.2, 0.25) is 0 Å². The highest BCUT2D eigenvalue weighted by atomic mass is 32.1. The van der Waals surface area contributed by atoms with Crippen LogP contribution in [0.15, 0.2) is 35.7 Å². The van der Waals surface area contributed by atoms with Gasteiger partial charge in [0.05, 0.1) is 10.4 Å². The summed E-state index contributed by atoms with van der Waals surface area (Å²) in [6.45, 7) is 1.27. The zero-order valence-corrected chi connectivity index (χ0v) is 14.5. The van der Waals surface area contributed by atoms with Crippen molar-refractivity contribution in [2.24, 2.45) is 5.73 Å². The molecular weight excluding hydrogens is 329 g/mol. The molecule has 0 fully saturated rings. The minimum absolute atomic E-state index is 0.170. The van der Waals surface area contributed by atoms with E-state index < -0.39 is 5.91 Å². The molecule has 2 aromatic rings. The fourth-order valence-electron chi connectivity index (χ4n) is 2.14. The third-order valence-corrected chi connectivity index (χ3v) is 4.44. The third-order valence-electron chi connectivity index (χ3n) is 3.52. The molecule has 1 aromatic carbocycles. The van der Waals surface area contributed by atoms with Crippen LogP contribution < -0.4 is 5.73 Å². The van der Waals surface area contributed by atoms with Gasteiger partial charge in [-0.3, -0.25) is 9.59 Å². The summed E-state index contributed by atoms with van der Waals surface area (Å²) in [5, 5.41) is 1.56. The number of primary amides is 1. The topological polar surface area (TPSA) is 66.6 Å². The summed E-state index contributed by atoms with van der Waals surface area (Å²) in [6.07, 6.45) is 0. The second-order valence-electron chi connectivity index (χ2n) is 5.69. The molecule has 128 valence electrons. The number of carbonyl (C=O) groups excluding carboxylic acids is 2. The van der Waals surface area contributed by atoms with Crippen molar-refractivity contribution in [1.29, 1.82) is 0 Å². The van der Waals surface area contributed by atoms with E-state index in [9.17, 15) is 14.0 Å². The SMILES string of the molecule is CN(C)CCN(Cc1ccccc1F)C(=O)c1cc(C(N)=O)cs1. The summed E-state index contributed by atoms with van der Waals surface area (Å²) < 4.78 is 13.9. The molecule has 1 heterocycles. The molecule has 7 heteroatoms. The van der Waals surface area contributed by atoms with Crippen LogP contribution in [-0.2, 0) is 6.54 Å². The monoisotopic (exact) mass is 349 g/mol. The van der Waals surface area contributed by atoms with Crippen molar-refractivity contribution in [2.75, 3.05) is 27.2 Å². The Morgan fingerprint density at radius 1 is 1.21 bits per heavy atom. The Bertz CT molecular complexity index is 730. The maximum atomic E-state index is 13.9. The number of amides is 2. The second kappa shape index (κ2) is 8.03. The lowest BCUT2D eigenvalue weighted by atomic mass is 10.2. The summed E-state index contributed by atoms with van der Waals surface area (Å²) in [5.41, 5.74) is 5.99. The van der Waals surface area contributed by atoms with Crippen molar-refractivity contribution in [3.05, 3.63) is 57.5 Å².